The van der Waals surface area contributed by atoms with E-state index in [-0.39, 0.29) is 12.6 Å². The van der Waals surface area contributed by atoms with Crippen molar-refractivity contribution in [1.82, 2.24) is 0 Å². The molecule has 0 N–H and O–H groups in total. The van der Waals surface area contributed by atoms with Crippen molar-refractivity contribution in [2.45, 2.75) is 219 Å². The van der Waals surface area contributed by atoms with Gasteiger partial charge in [-0.05, 0) is 65.2 Å². The molecular weight excluding hydrogens is 623 g/mol. The predicted octanol–water partition coefficient (Wildman–Crippen LogP) is 15.0. The highest BCUT2D eigenvalue weighted by atomic mass is 35.5. The molecule has 0 saturated carbocycles. The molecule has 0 rings (SSSR count). The van der Waals surface area contributed by atoms with E-state index in [2.05, 4.69) is 24.3 Å². The van der Waals surface area contributed by atoms with E-state index in [4.69, 9.17) is 37.4 Å². The van der Waals surface area contributed by atoms with Crippen LogP contribution in [-0.4, -0.2) is 37.6 Å². The molecule has 0 fully saturated rings. The molecule has 0 aromatic rings. The lowest BCUT2D eigenvalue weighted by Crippen LogP contribution is -2.27. The molecule has 0 bridgehead atoms. The third-order valence-electron chi connectivity index (χ3n) is 8.99. The molecule has 0 radical (unpaired) electrons. The second-order valence-electron chi connectivity index (χ2n) is 13.4. The third-order valence-corrected chi connectivity index (χ3v) is 9.52. The quantitative estimate of drug-likeness (QED) is 0.0275. The van der Waals surface area contributed by atoms with Crippen LogP contribution in [0, 0.1) is 0 Å². The van der Waals surface area contributed by atoms with Gasteiger partial charge in [0.15, 0.2) is 12.6 Å². The summed E-state index contributed by atoms with van der Waals surface area (Å²) in [5.74, 6) is 1.65. The Morgan fingerprint density at radius 3 is 0.894 bits per heavy atom. The summed E-state index contributed by atoms with van der Waals surface area (Å²) in [4.78, 5) is 0. The SMILES string of the molecule is CCOC(CCC=CCCCCCCCCCCCCCCCl)OC(CCC=CCCCCCCCCCCCCCCCl)OCC. The van der Waals surface area contributed by atoms with Gasteiger partial charge in [-0.1, -0.05) is 153 Å². The summed E-state index contributed by atoms with van der Waals surface area (Å²) in [6.45, 7) is 5.42. The van der Waals surface area contributed by atoms with Gasteiger partial charge >= 0.3 is 0 Å². The van der Waals surface area contributed by atoms with Crippen LogP contribution in [0.1, 0.15) is 206 Å². The fourth-order valence-electron chi connectivity index (χ4n) is 6.11. The van der Waals surface area contributed by atoms with E-state index in [1.165, 1.54) is 167 Å². The first kappa shape index (κ1) is 46.9. The molecule has 0 aliphatic heterocycles. The maximum Gasteiger partial charge on any atom is 0.161 e. The average Bonchev–Trinajstić information content (AvgIpc) is 3.07. The van der Waals surface area contributed by atoms with Crippen LogP contribution in [0.15, 0.2) is 24.3 Å². The lowest BCUT2D eigenvalue weighted by atomic mass is 10.0. The fraction of sp³-hybridized carbons (Fsp3) is 0.905. The summed E-state index contributed by atoms with van der Waals surface area (Å²) in [6, 6.07) is 0. The zero-order valence-electron chi connectivity index (χ0n) is 31.5. The third kappa shape index (κ3) is 38.6. The van der Waals surface area contributed by atoms with Gasteiger partial charge in [-0.3, -0.25) is 0 Å². The van der Waals surface area contributed by atoms with E-state index in [1.807, 2.05) is 13.8 Å². The largest absolute Gasteiger partial charge is 0.353 e. The number of rotatable bonds is 40. The molecule has 47 heavy (non-hydrogen) atoms. The van der Waals surface area contributed by atoms with Crippen molar-refractivity contribution in [2.24, 2.45) is 0 Å². The van der Waals surface area contributed by atoms with Crippen LogP contribution in [0.5, 0.6) is 0 Å². The Morgan fingerprint density at radius 1 is 0.362 bits per heavy atom. The summed E-state index contributed by atoms with van der Waals surface area (Å²) in [6.07, 6.45) is 47.7. The number of ether oxygens (including phenoxy) is 3. The van der Waals surface area contributed by atoms with Crippen molar-refractivity contribution in [3.8, 4) is 0 Å². The lowest BCUT2D eigenvalue weighted by molar-refractivity contribution is -0.246. The van der Waals surface area contributed by atoms with Gasteiger partial charge < -0.3 is 14.2 Å². The molecule has 2 atom stereocenters. The first-order chi connectivity index (χ1) is 23.3. The van der Waals surface area contributed by atoms with Crippen LogP contribution in [0.4, 0.5) is 0 Å². The highest BCUT2D eigenvalue weighted by molar-refractivity contribution is 6.18. The maximum atomic E-state index is 6.27. The van der Waals surface area contributed by atoms with Crippen molar-refractivity contribution in [1.29, 1.82) is 0 Å². The van der Waals surface area contributed by atoms with Crippen molar-refractivity contribution in [3.05, 3.63) is 24.3 Å². The zero-order valence-corrected chi connectivity index (χ0v) is 33.0. The molecule has 3 nitrogen and oxygen atoms in total. The second kappa shape index (κ2) is 42.1. The van der Waals surface area contributed by atoms with Gasteiger partial charge in [0.05, 0.1) is 0 Å². The minimum atomic E-state index is -0.197. The Morgan fingerprint density at radius 2 is 0.617 bits per heavy atom. The monoisotopic (exact) mass is 703 g/mol. The molecule has 280 valence electrons. The zero-order chi connectivity index (χ0) is 34.1. The van der Waals surface area contributed by atoms with Gasteiger partial charge in [0.2, 0.25) is 0 Å². The topological polar surface area (TPSA) is 27.7 Å². The van der Waals surface area contributed by atoms with Gasteiger partial charge in [0.1, 0.15) is 0 Å². The number of alkyl halides is 2. The molecule has 0 amide bonds. The lowest BCUT2D eigenvalue weighted by Gasteiger charge is -2.24. The van der Waals surface area contributed by atoms with E-state index in [9.17, 15) is 0 Å². The van der Waals surface area contributed by atoms with Crippen LogP contribution in [0.25, 0.3) is 0 Å². The molecule has 0 heterocycles. The predicted molar refractivity (Wildman–Crippen MR) is 210 cm³/mol. The highest BCUT2D eigenvalue weighted by Crippen LogP contribution is 2.17. The Kier molecular flexibility index (Phi) is 42.1. The summed E-state index contributed by atoms with van der Waals surface area (Å²) in [5.41, 5.74) is 0. The van der Waals surface area contributed by atoms with E-state index >= 15 is 0 Å². The molecule has 0 saturated heterocycles. The van der Waals surface area contributed by atoms with Gasteiger partial charge in [0.25, 0.3) is 0 Å². The number of hydrogen-bond acceptors (Lipinski definition) is 3. The van der Waals surface area contributed by atoms with Crippen LogP contribution in [0.2, 0.25) is 0 Å². The minimum absolute atomic E-state index is 0.197. The average molecular weight is 704 g/mol. The number of allylic oxidation sites excluding steroid dienone is 4. The normalized spacial score (nSPS) is 13.4. The molecule has 0 aliphatic carbocycles. The maximum absolute atomic E-state index is 6.27. The smallest absolute Gasteiger partial charge is 0.161 e. The molecule has 0 aliphatic rings. The summed E-state index contributed by atoms with van der Waals surface area (Å²) in [5, 5.41) is 0. The highest BCUT2D eigenvalue weighted by Gasteiger charge is 2.16. The summed E-state index contributed by atoms with van der Waals surface area (Å²) in [7, 11) is 0. The van der Waals surface area contributed by atoms with Crippen LogP contribution < -0.4 is 0 Å². The van der Waals surface area contributed by atoms with Crippen molar-refractivity contribution < 1.29 is 14.2 Å². The molecule has 0 spiro atoms. The Bertz CT molecular complexity index is 575. The van der Waals surface area contributed by atoms with Gasteiger partial charge in [-0.2, -0.15) is 0 Å². The van der Waals surface area contributed by atoms with Crippen molar-refractivity contribution in [3.63, 3.8) is 0 Å². The van der Waals surface area contributed by atoms with Gasteiger partial charge in [0, 0.05) is 37.8 Å². The van der Waals surface area contributed by atoms with Gasteiger partial charge in [-0.25, -0.2) is 0 Å². The molecule has 2 unspecified atom stereocenters. The van der Waals surface area contributed by atoms with Crippen LogP contribution in [-0.2, 0) is 14.2 Å². The molecular formula is C42H80Cl2O3. The van der Waals surface area contributed by atoms with E-state index in [0.29, 0.717) is 13.2 Å². The van der Waals surface area contributed by atoms with Gasteiger partial charge in [-0.15, -0.1) is 23.2 Å². The van der Waals surface area contributed by atoms with Crippen LogP contribution >= 0.6 is 23.2 Å². The molecule has 0 aromatic carbocycles. The summed E-state index contributed by atoms with van der Waals surface area (Å²) < 4.78 is 18.1. The Balaban J connectivity index is 3.80. The standard InChI is InChI=1S/C42H80Cl2O3/c1-3-45-41(37-33-29-25-21-17-13-9-5-7-11-15-19-23-27-31-35-39-43)47-42(46-4-2)38-34-30-26-22-18-14-10-6-8-12-16-20-24-28-32-36-40-44/h25-26,29-30,41-42H,3-24,27-28,31-40H2,1-2H3. The van der Waals surface area contributed by atoms with E-state index in [0.717, 1.165) is 37.4 Å². The Labute approximate surface area is 304 Å². The van der Waals surface area contributed by atoms with Crippen molar-refractivity contribution >= 4 is 23.2 Å². The van der Waals surface area contributed by atoms with E-state index < -0.39 is 0 Å². The fourth-order valence-corrected chi connectivity index (χ4v) is 6.49. The van der Waals surface area contributed by atoms with Crippen LogP contribution in [0.3, 0.4) is 0 Å². The number of halogens is 2. The minimum Gasteiger partial charge on any atom is -0.353 e. The first-order valence-electron chi connectivity index (χ1n) is 20.6. The molecule has 0 aromatic heterocycles. The number of unbranched alkanes of at least 4 members (excludes halogenated alkanes) is 24. The Hall–Kier alpha value is -0.0600. The first-order valence-corrected chi connectivity index (χ1v) is 21.7. The molecule has 5 heteroatoms. The number of hydrogen-bond donors (Lipinski definition) is 0. The van der Waals surface area contributed by atoms with Crippen molar-refractivity contribution in [2.75, 3.05) is 25.0 Å². The summed E-state index contributed by atoms with van der Waals surface area (Å²) >= 11 is 11.5. The van der Waals surface area contributed by atoms with E-state index in [1.54, 1.807) is 0 Å². The second-order valence-corrected chi connectivity index (χ2v) is 14.2.